The Morgan fingerprint density at radius 2 is 1.66 bits per heavy atom. The summed E-state index contributed by atoms with van der Waals surface area (Å²) in [6.45, 7) is 3.02. The van der Waals surface area contributed by atoms with Gasteiger partial charge in [-0.05, 0) is 37.1 Å². The highest BCUT2D eigenvalue weighted by Crippen LogP contribution is 2.56. The molecule has 6 rings (SSSR count). The molecule has 1 saturated heterocycles. The molecule has 16 heteroatoms. The number of nitrogens with one attached hydrogen (secondary N) is 1. The molecule has 266 valence electrons. The standard InChI is InChI=1S/C34H36N2O14/c1-11-7-13-8-18(37)34(49-6)30(43)21-15(29(42)33(34,46)22(13)25(40)19(11)32(44)45)9-14-20(24(21)39)16(35-3)10-17(23(14)38)36-31-28(48-5)26(41)27(47-4)12(2)50-31/h7,9-10,12,18,26-28,31,36-37,39-41,46H,8H2,1-6H3,(H,44,45)/b35-16+/t12-,18?,26+,27-,28+,31-,33?,34?/m0/s1. The first-order valence-electron chi connectivity index (χ1n) is 15.5. The van der Waals surface area contributed by atoms with Crippen LogP contribution in [0.2, 0.25) is 0 Å². The second-order valence-electron chi connectivity index (χ2n) is 12.6. The van der Waals surface area contributed by atoms with Crippen LogP contribution in [0.1, 0.15) is 70.6 Å². The van der Waals surface area contributed by atoms with Gasteiger partial charge in [-0.1, -0.05) is 6.07 Å². The molecule has 2 aromatic rings. The Morgan fingerprint density at radius 1 is 1.00 bits per heavy atom. The van der Waals surface area contributed by atoms with Gasteiger partial charge in [-0.3, -0.25) is 19.4 Å². The van der Waals surface area contributed by atoms with Crippen molar-refractivity contribution in [2.45, 2.75) is 68.2 Å². The predicted molar refractivity (Wildman–Crippen MR) is 170 cm³/mol. The van der Waals surface area contributed by atoms with Gasteiger partial charge in [0.15, 0.2) is 17.4 Å². The molecule has 16 nitrogen and oxygen atoms in total. The van der Waals surface area contributed by atoms with Crippen molar-refractivity contribution in [3.05, 3.63) is 68.4 Å². The number of aromatic hydroxyl groups is 2. The molecule has 8 atom stereocenters. The molecule has 1 heterocycles. The van der Waals surface area contributed by atoms with Crippen molar-refractivity contribution in [2.24, 2.45) is 4.99 Å². The number of ketones is 3. The van der Waals surface area contributed by atoms with Crippen molar-refractivity contribution in [3.8, 4) is 11.5 Å². The van der Waals surface area contributed by atoms with Crippen LogP contribution >= 0.6 is 0 Å². The number of nitrogens with zero attached hydrogens (tertiary/aromatic N) is 1. The average Bonchev–Trinajstić information content (AvgIpc) is 3.04. The lowest BCUT2D eigenvalue weighted by molar-refractivity contribution is -0.236. The molecule has 7 N–H and O–H groups in total. The van der Waals surface area contributed by atoms with Crippen LogP contribution in [-0.2, 0) is 31.0 Å². The predicted octanol–water partition coefficient (Wildman–Crippen LogP) is -0.102. The zero-order valence-electron chi connectivity index (χ0n) is 27.8. The molecule has 0 radical (unpaired) electrons. The quantitative estimate of drug-likeness (QED) is 0.208. The second-order valence-corrected chi connectivity index (χ2v) is 12.6. The smallest absolute Gasteiger partial charge is 0.339 e. The van der Waals surface area contributed by atoms with Crippen LogP contribution in [0.25, 0.3) is 0 Å². The van der Waals surface area contributed by atoms with E-state index in [0.717, 1.165) is 13.2 Å². The topological polar surface area (TPSA) is 251 Å². The number of aliphatic hydroxyl groups is 3. The highest BCUT2D eigenvalue weighted by atomic mass is 16.6. The first-order chi connectivity index (χ1) is 23.6. The molecular weight excluding hydrogens is 660 g/mol. The highest BCUT2D eigenvalue weighted by Gasteiger charge is 2.72. The minimum atomic E-state index is -3.23. The van der Waals surface area contributed by atoms with Gasteiger partial charge in [-0.15, -0.1) is 0 Å². The second kappa shape index (κ2) is 12.1. The van der Waals surface area contributed by atoms with E-state index in [9.17, 15) is 49.8 Å². The summed E-state index contributed by atoms with van der Waals surface area (Å²) in [6, 6.07) is 2.24. The minimum Gasteiger partial charge on any atom is -0.507 e. The van der Waals surface area contributed by atoms with Crippen LogP contribution in [0, 0.1) is 6.92 Å². The maximum absolute atomic E-state index is 14.6. The number of carbonyl (C=O) groups is 4. The molecular formula is C34H36N2O14. The number of methoxy groups -OCH3 is 3. The molecule has 3 aliphatic carbocycles. The Kier molecular flexibility index (Phi) is 8.50. The van der Waals surface area contributed by atoms with E-state index in [1.165, 1.54) is 40.3 Å². The lowest BCUT2D eigenvalue weighted by atomic mass is 9.56. The van der Waals surface area contributed by atoms with Gasteiger partial charge in [0.05, 0.1) is 34.7 Å². The number of Topliss-reactive ketones (excluding diaryl/α,β-unsaturated/α-hetero) is 3. The molecule has 4 aliphatic rings. The monoisotopic (exact) mass is 696 g/mol. The van der Waals surface area contributed by atoms with E-state index >= 15 is 0 Å². The molecule has 2 aromatic carbocycles. The fraction of sp³-hybridized carbons (Fsp3) is 0.441. The summed E-state index contributed by atoms with van der Waals surface area (Å²) in [6.07, 6.45) is -5.82. The molecule has 0 aromatic heterocycles. The van der Waals surface area contributed by atoms with Gasteiger partial charge < -0.3 is 54.9 Å². The number of rotatable bonds is 6. The van der Waals surface area contributed by atoms with Gasteiger partial charge >= 0.3 is 5.97 Å². The number of aromatic carboxylic acids is 1. The van der Waals surface area contributed by atoms with Crippen LogP contribution in [-0.4, -0.2) is 130 Å². The van der Waals surface area contributed by atoms with E-state index in [1.807, 2.05) is 0 Å². The lowest BCUT2D eigenvalue weighted by Crippen LogP contribution is -2.73. The number of carboxylic acid groups (broad SMARTS) is 1. The van der Waals surface area contributed by atoms with Crippen molar-refractivity contribution >= 4 is 29.0 Å². The fourth-order valence-electron chi connectivity index (χ4n) is 7.95. The maximum atomic E-state index is 14.6. The van der Waals surface area contributed by atoms with Crippen LogP contribution in [0.4, 0.5) is 0 Å². The number of carboxylic acids is 1. The molecule has 0 spiro atoms. The summed E-state index contributed by atoms with van der Waals surface area (Å²) in [5.41, 5.74) is -9.50. The van der Waals surface area contributed by atoms with E-state index in [-0.39, 0.29) is 33.7 Å². The molecule has 0 bridgehead atoms. The van der Waals surface area contributed by atoms with Crippen LogP contribution in [0.15, 0.2) is 28.9 Å². The molecule has 3 unspecified atom stereocenters. The summed E-state index contributed by atoms with van der Waals surface area (Å²) in [4.78, 5) is 59.5. The zero-order chi connectivity index (χ0) is 36.8. The van der Waals surface area contributed by atoms with E-state index in [0.29, 0.717) is 0 Å². The van der Waals surface area contributed by atoms with Gasteiger partial charge in [0.1, 0.15) is 35.4 Å². The maximum Gasteiger partial charge on any atom is 0.339 e. The number of aliphatic imine (C=N–C) groups is 1. The Balaban J connectivity index is 1.54. The minimum absolute atomic E-state index is 0.0168. The molecule has 1 fully saturated rings. The Hall–Kier alpha value is -4.55. The molecule has 1 aliphatic heterocycles. The number of hydrogen-bond acceptors (Lipinski definition) is 15. The molecule has 0 saturated carbocycles. The van der Waals surface area contributed by atoms with E-state index < -0.39 is 111 Å². The van der Waals surface area contributed by atoms with E-state index in [1.54, 1.807) is 6.92 Å². The SMILES string of the molecule is C/N=C1\C=C(N[C@H]2O[C@@H](C)[C@H](OC)[C@@H](O)[C@H]2OC)C(=O)c2cc3c(c(O)c21)C(=O)C1(OC)C(O)Cc2cc(C)c(C(=O)O)c(O)c2C1(O)C3=O. The zero-order valence-corrected chi connectivity index (χ0v) is 27.8. The summed E-state index contributed by atoms with van der Waals surface area (Å²) >= 11 is 0. The van der Waals surface area contributed by atoms with Crippen LogP contribution < -0.4 is 5.32 Å². The summed E-state index contributed by atoms with van der Waals surface area (Å²) in [5.74, 6) is -6.93. The van der Waals surface area contributed by atoms with E-state index in [2.05, 4.69) is 10.3 Å². The Labute approximate surface area is 284 Å². The Bertz CT molecular complexity index is 1940. The lowest BCUT2D eigenvalue weighted by Gasteiger charge is -2.53. The Morgan fingerprint density at radius 3 is 2.24 bits per heavy atom. The summed E-state index contributed by atoms with van der Waals surface area (Å²) < 4.78 is 22.2. The average molecular weight is 697 g/mol. The van der Waals surface area contributed by atoms with Crippen molar-refractivity contribution in [2.75, 3.05) is 28.4 Å². The van der Waals surface area contributed by atoms with Gasteiger partial charge in [0, 0.05) is 51.5 Å². The highest BCUT2D eigenvalue weighted by molar-refractivity contribution is 6.31. The van der Waals surface area contributed by atoms with Gasteiger partial charge in [0.25, 0.3) is 0 Å². The molecule has 50 heavy (non-hydrogen) atoms. The molecule has 0 amide bonds. The van der Waals surface area contributed by atoms with Crippen molar-refractivity contribution in [3.63, 3.8) is 0 Å². The largest absolute Gasteiger partial charge is 0.507 e. The number of ether oxygens (including phenoxy) is 4. The number of phenols is 2. The first-order valence-corrected chi connectivity index (χ1v) is 15.5. The van der Waals surface area contributed by atoms with Crippen LogP contribution in [0.5, 0.6) is 11.5 Å². The number of hydrogen-bond donors (Lipinski definition) is 7. The number of aliphatic hydroxyl groups excluding tert-OH is 2. The van der Waals surface area contributed by atoms with Crippen molar-refractivity contribution in [1.82, 2.24) is 5.32 Å². The number of aryl methyl sites for hydroxylation is 1. The fourth-order valence-corrected chi connectivity index (χ4v) is 7.95. The third-order valence-corrected chi connectivity index (χ3v) is 10.2. The van der Waals surface area contributed by atoms with Crippen molar-refractivity contribution < 1.29 is 68.8 Å². The number of carbonyl (C=O) groups excluding carboxylic acids is 3. The first kappa shape index (κ1) is 35.3. The number of phenolic OH excluding ortho intramolecular Hbond substituents is 1. The number of fused-ring (bicyclic) bond motifs is 5. The number of allylic oxidation sites excluding steroid dienone is 2. The summed E-state index contributed by atoms with van der Waals surface area (Å²) in [7, 11) is 5.01. The summed E-state index contributed by atoms with van der Waals surface area (Å²) in [5, 5.41) is 70.4. The van der Waals surface area contributed by atoms with E-state index in [4.69, 9.17) is 18.9 Å². The van der Waals surface area contributed by atoms with Gasteiger partial charge in [-0.25, -0.2) is 4.79 Å². The third-order valence-electron chi connectivity index (χ3n) is 10.2. The normalized spacial score (nSPS) is 32.5. The van der Waals surface area contributed by atoms with Gasteiger partial charge in [-0.2, -0.15) is 0 Å². The van der Waals surface area contributed by atoms with Crippen LogP contribution in [0.3, 0.4) is 0 Å². The number of benzene rings is 2. The van der Waals surface area contributed by atoms with Gasteiger partial charge in [0.2, 0.25) is 17.3 Å². The third kappa shape index (κ3) is 4.40. The van der Waals surface area contributed by atoms with Crippen molar-refractivity contribution in [1.29, 1.82) is 0 Å².